The molecule has 0 aliphatic heterocycles. The van der Waals surface area contributed by atoms with Crippen molar-refractivity contribution in [1.29, 1.82) is 0 Å². The third-order valence-electron chi connectivity index (χ3n) is 3.09. The van der Waals surface area contributed by atoms with Gasteiger partial charge in [-0.3, -0.25) is 9.59 Å². The number of rotatable bonds is 8. The molecule has 0 saturated carbocycles. The van der Waals surface area contributed by atoms with Crippen LogP contribution in [-0.4, -0.2) is 40.9 Å². The molecule has 0 unspecified atom stereocenters. The molecule has 7 nitrogen and oxygen atoms in total. The van der Waals surface area contributed by atoms with Crippen LogP contribution in [0.2, 0.25) is 0 Å². The Morgan fingerprint density at radius 2 is 2.12 bits per heavy atom. The molecular weight excluding hydrogens is 362 g/mol. The summed E-state index contributed by atoms with van der Waals surface area (Å²) in [6.07, 6.45) is 0. The van der Waals surface area contributed by atoms with E-state index in [1.807, 2.05) is 25.1 Å². The highest BCUT2D eigenvalue weighted by Gasteiger charge is 2.27. The van der Waals surface area contributed by atoms with Crippen molar-refractivity contribution in [1.82, 2.24) is 10.2 Å². The first kappa shape index (κ1) is 19.2. The number of aromatic nitrogens is 2. The Labute approximate surface area is 154 Å². The van der Waals surface area contributed by atoms with Gasteiger partial charge in [0.1, 0.15) is 5.75 Å². The number of ether oxygens (including phenoxy) is 2. The number of benzene rings is 1. The molecule has 0 bridgehead atoms. The lowest BCUT2D eigenvalue weighted by Crippen LogP contribution is -2.27. The molecule has 134 valence electrons. The summed E-state index contributed by atoms with van der Waals surface area (Å²) < 4.78 is 10.7. The molecule has 0 fully saturated rings. The van der Waals surface area contributed by atoms with Crippen LogP contribution in [0, 0.1) is 6.92 Å². The number of anilines is 2. The van der Waals surface area contributed by atoms with Gasteiger partial charge >= 0.3 is 5.97 Å². The zero-order chi connectivity index (χ0) is 18.4. The van der Waals surface area contributed by atoms with E-state index in [-0.39, 0.29) is 12.4 Å². The maximum atomic E-state index is 11.9. The average Bonchev–Trinajstić information content (AvgIpc) is 3.00. The number of methoxy groups -OCH3 is 1. The summed E-state index contributed by atoms with van der Waals surface area (Å²) in [5.74, 6) is -0.165. The molecule has 25 heavy (non-hydrogen) atoms. The zero-order valence-corrected chi connectivity index (χ0v) is 16.0. The number of esters is 1. The van der Waals surface area contributed by atoms with Gasteiger partial charge in [0, 0.05) is 0 Å². The van der Waals surface area contributed by atoms with Gasteiger partial charge in [0.15, 0.2) is 15.4 Å². The number of nitrogens with one attached hydrogen (secondary N) is 1. The number of carbonyl (C=O) groups excluding carboxylic acids is 2. The van der Waals surface area contributed by atoms with Gasteiger partial charge in [-0.05, 0) is 38.5 Å². The van der Waals surface area contributed by atoms with E-state index < -0.39 is 11.2 Å². The summed E-state index contributed by atoms with van der Waals surface area (Å²) in [5.41, 5.74) is 1.84. The Kier molecular flexibility index (Phi) is 6.77. The highest BCUT2D eigenvalue weighted by Crippen LogP contribution is 2.34. The Morgan fingerprint density at radius 1 is 1.36 bits per heavy atom. The van der Waals surface area contributed by atoms with E-state index in [2.05, 4.69) is 15.5 Å². The highest BCUT2D eigenvalue weighted by atomic mass is 32.2. The van der Waals surface area contributed by atoms with Crippen LogP contribution in [0.25, 0.3) is 0 Å². The first-order chi connectivity index (χ1) is 11.9. The summed E-state index contributed by atoms with van der Waals surface area (Å²) in [6.45, 7) is 5.25. The molecule has 1 aromatic heterocycles. The van der Waals surface area contributed by atoms with Gasteiger partial charge in [-0.15, -0.1) is 10.2 Å². The third kappa shape index (κ3) is 5.17. The zero-order valence-electron chi connectivity index (χ0n) is 14.4. The monoisotopic (exact) mass is 381 g/mol. The van der Waals surface area contributed by atoms with E-state index in [0.717, 1.165) is 23.0 Å². The second-order valence-corrected chi connectivity index (χ2v) is 7.39. The third-order valence-corrected chi connectivity index (χ3v) is 5.31. The highest BCUT2D eigenvalue weighted by molar-refractivity contribution is 8.03. The molecule has 2 rings (SSSR count). The number of nitrogens with zero attached hydrogens (tertiary/aromatic N) is 2. The van der Waals surface area contributed by atoms with Crippen molar-refractivity contribution in [2.45, 2.75) is 30.4 Å². The fourth-order valence-electron chi connectivity index (χ4n) is 1.96. The van der Waals surface area contributed by atoms with Gasteiger partial charge in [0.2, 0.25) is 5.13 Å². The quantitative estimate of drug-likeness (QED) is 0.423. The molecule has 0 radical (unpaired) electrons. The van der Waals surface area contributed by atoms with E-state index in [0.29, 0.717) is 15.2 Å². The molecule has 0 aliphatic carbocycles. The minimum Gasteiger partial charge on any atom is -0.495 e. The number of ketones is 1. The first-order valence-corrected chi connectivity index (χ1v) is 9.23. The van der Waals surface area contributed by atoms with Gasteiger partial charge in [0.25, 0.3) is 0 Å². The molecule has 1 aromatic carbocycles. The van der Waals surface area contributed by atoms with Crippen LogP contribution in [0.3, 0.4) is 0 Å². The van der Waals surface area contributed by atoms with Gasteiger partial charge < -0.3 is 14.8 Å². The minimum atomic E-state index is -0.936. The lowest BCUT2D eigenvalue weighted by Gasteiger charge is -2.10. The molecule has 9 heteroatoms. The second-order valence-electron chi connectivity index (χ2n) is 5.06. The van der Waals surface area contributed by atoms with Crippen LogP contribution >= 0.6 is 23.1 Å². The van der Waals surface area contributed by atoms with Crippen LogP contribution in [0.4, 0.5) is 10.8 Å². The maximum Gasteiger partial charge on any atom is 0.327 e. The Hall–Kier alpha value is -2.13. The number of carbonyl (C=O) groups is 2. The molecule has 0 aliphatic rings. The molecular formula is C16H19N3O4S2. The van der Waals surface area contributed by atoms with Gasteiger partial charge in [-0.25, -0.2) is 0 Å². The predicted molar refractivity (Wildman–Crippen MR) is 97.9 cm³/mol. The first-order valence-electron chi connectivity index (χ1n) is 7.53. The lowest BCUT2D eigenvalue weighted by molar-refractivity contribution is -0.144. The van der Waals surface area contributed by atoms with Crippen LogP contribution < -0.4 is 10.1 Å². The standard InChI is InChI=1S/C16H19N3O4S2/c1-5-23-14(21)13(10(3)20)24-16-19-18-15(25-16)17-11-8-9(2)6-7-12(11)22-4/h6-8,13H,5H2,1-4H3,(H,17,18)/t13-/m1/s1. The van der Waals surface area contributed by atoms with Crippen molar-refractivity contribution in [3.05, 3.63) is 23.8 Å². The number of Topliss-reactive ketones (excluding diaryl/α,β-unsaturated/α-hetero) is 1. The molecule has 0 spiro atoms. The summed E-state index contributed by atoms with van der Waals surface area (Å²) in [4.78, 5) is 23.6. The Morgan fingerprint density at radius 3 is 2.76 bits per heavy atom. The van der Waals surface area contributed by atoms with Crippen molar-refractivity contribution < 1.29 is 19.1 Å². The number of aryl methyl sites for hydroxylation is 1. The molecule has 1 heterocycles. The molecule has 1 atom stereocenters. The van der Waals surface area contributed by atoms with Gasteiger partial charge in [0.05, 0.1) is 19.4 Å². The topological polar surface area (TPSA) is 90.4 Å². The fraction of sp³-hybridized carbons (Fsp3) is 0.375. The van der Waals surface area contributed by atoms with Crippen molar-refractivity contribution >= 4 is 45.7 Å². The maximum absolute atomic E-state index is 11.9. The second kappa shape index (κ2) is 8.82. The molecule has 0 amide bonds. The minimum absolute atomic E-state index is 0.221. The van der Waals surface area contributed by atoms with Crippen molar-refractivity contribution in [3.8, 4) is 5.75 Å². The van der Waals surface area contributed by atoms with Crippen LogP contribution in [0.5, 0.6) is 5.75 Å². The predicted octanol–water partition coefficient (Wildman–Crippen LogP) is 3.21. The van der Waals surface area contributed by atoms with E-state index in [1.165, 1.54) is 18.3 Å². The molecule has 1 N–H and O–H groups in total. The Balaban J connectivity index is 2.13. The molecule has 2 aromatic rings. The summed E-state index contributed by atoms with van der Waals surface area (Å²) >= 11 is 2.29. The number of hydrogen-bond acceptors (Lipinski definition) is 9. The lowest BCUT2D eigenvalue weighted by atomic mass is 10.2. The summed E-state index contributed by atoms with van der Waals surface area (Å²) in [6, 6.07) is 5.74. The fourth-order valence-corrected chi connectivity index (χ4v) is 3.79. The average molecular weight is 381 g/mol. The van der Waals surface area contributed by atoms with Gasteiger partial charge in [-0.2, -0.15) is 0 Å². The summed E-state index contributed by atoms with van der Waals surface area (Å²) in [7, 11) is 1.59. The van der Waals surface area contributed by atoms with E-state index >= 15 is 0 Å². The van der Waals surface area contributed by atoms with Crippen LogP contribution in [0.1, 0.15) is 19.4 Å². The van der Waals surface area contributed by atoms with E-state index in [1.54, 1.807) is 14.0 Å². The van der Waals surface area contributed by atoms with E-state index in [9.17, 15) is 9.59 Å². The Bertz CT molecular complexity index is 764. The summed E-state index contributed by atoms with van der Waals surface area (Å²) in [5, 5.41) is 10.8. The van der Waals surface area contributed by atoms with Crippen molar-refractivity contribution in [2.24, 2.45) is 0 Å². The number of thioether (sulfide) groups is 1. The van der Waals surface area contributed by atoms with Gasteiger partial charge in [-0.1, -0.05) is 29.2 Å². The van der Waals surface area contributed by atoms with Crippen molar-refractivity contribution in [3.63, 3.8) is 0 Å². The van der Waals surface area contributed by atoms with Crippen LogP contribution in [0.15, 0.2) is 22.5 Å². The molecule has 0 saturated heterocycles. The van der Waals surface area contributed by atoms with E-state index in [4.69, 9.17) is 9.47 Å². The largest absolute Gasteiger partial charge is 0.495 e. The number of hydrogen-bond donors (Lipinski definition) is 1. The smallest absolute Gasteiger partial charge is 0.327 e. The SMILES string of the molecule is CCOC(=O)[C@H](Sc1nnc(Nc2cc(C)ccc2OC)s1)C(C)=O. The van der Waals surface area contributed by atoms with Crippen LogP contribution in [-0.2, 0) is 14.3 Å². The normalized spacial score (nSPS) is 11.7. The van der Waals surface area contributed by atoms with Crippen molar-refractivity contribution in [2.75, 3.05) is 19.0 Å².